The average molecular weight is 392 g/mol. The molecule has 0 fully saturated rings. The van der Waals surface area contributed by atoms with Gasteiger partial charge in [0, 0.05) is 22.7 Å². The molecule has 0 spiro atoms. The number of benzene rings is 1. The number of carbonyl (C=O) groups is 1. The van der Waals surface area contributed by atoms with Crippen LogP contribution in [0.4, 0.5) is 8.78 Å². The minimum Gasteiger partial charge on any atom is -0.372 e. The Kier molecular flexibility index (Phi) is 6.37. The fourth-order valence-corrected chi connectivity index (χ4v) is 2.97. The number of aromatic amines is 1. The van der Waals surface area contributed by atoms with Crippen LogP contribution in [-0.2, 0) is 16.8 Å². The molecule has 136 valence electrons. The summed E-state index contributed by atoms with van der Waals surface area (Å²) in [5.41, 5.74) is -0.136. The molecule has 1 aromatic carbocycles. The van der Waals surface area contributed by atoms with E-state index >= 15 is 0 Å². The van der Waals surface area contributed by atoms with Crippen LogP contribution >= 0.6 is 23.2 Å². The summed E-state index contributed by atoms with van der Waals surface area (Å²) in [6.07, 6.45) is -1.94. The minimum atomic E-state index is -2.58. The summed E-state index contributed by atoms with van der Waals surface area (Å²) in [4.78, 5) is 12.3. The third-order valence-electron chi connectivity index (χ3n) is 3.86. The van der Waals surface area contributed by atoms with Gasteiger partial charge in [-0.15, -0.1) is 0 Å². The standard InChI is InChI=1S/C16H17Cl2F2N3O2/c1-16(25-2,11-4-3-9(17)5-12(11)18)8-21-15(24)10-7-22-23-13(10)6-14(19)20/h3-5,7,14H,6,8H2,1-2H3,(H,21,24)(H,22,23)/t16-/m1/s1. The van der Waals surface area contributed by atoms with E-state index in [-0.39, 0.29) is 17.8 Å². The number of carbonyl (C=O) groups excluding carboxylic acids is 1. The number of rotatable bonds is 7. The zero-order valence-corrected chi connectivity index (χ0v) is 15.1. The largest absolute Gasteiger partial charge is 0.372 e. The number of aromatic nitrogens is 2. The maximum absolute atomic E-state index is 12.5. The van der Waals surface area contributed by atoms with Gasteiger partial charge >= 0.3 is 0 Å². The Balaban J connectivity index is 2.15. The number of methoxy groups -OCH3 is 1. The van der Waals surface area contributed by atoms with Crippen LogP contribution in [0.25, 0.3) is 0 Å². The Hall–Kier alpha value is -1.70. The van der Waals surface area contributed by atoms with Crippen molar-refractivity contribution in [2.75, 3.05) is 13.7 Å². The molecular weight excluding hydrogens is 375 g/mol. The highest BCUT2D eigenvalue weighted by Gasteiger charge is 2.30. The van der Waals surface area contributed by atoms with Gasteiger partial charge in [0.1, 0.15) is 5.60 Å². The van der Waals surface area contributed by atoms with E-state index in [9.17, 15) is 13.6 Å². The van der Waals surface area contributed by atoms with E-state index < -0.39 is 24.4 Å². The molecule has 1 amide bonds. The quantitative estimate of drug-likeness (QED) is 0.753. The summed E-state index contributed by atoms with van der Waals surface area (Å²) in [7, 11) is 1.48. The topological polar surface area (TPSA) is 67.0 Å². The molecule has 0 radical (unpaired) electrons. The zero-order valence-electron chi connectivity index (χ0n) is 13.6. The molecule has 2 N–H and O–H groups in total. The van der Waals surface area contributed by atoms with Crippen LogP contribution in [-0.4, -0.2) is 36.2 Å². The summed E-state index contributed by atoms with van der Waals surface area (Å²) < 4.78 is 30.6. The molecule has 1 heterocycles. The molecular formula is C16H17Cl2F2N3O2. The lowest BCUT2D eigenvalue weighted by Crippen LogP contribution is -2.40. The number of amides is 1. The van der Waals surface area contributed by atoms with Gasteiger partial charge < -0.3 is 10.1 Å². The molecule has 1 atom stereocenters. The van der Waals surface area contributed by atoms with Gasteiger partial charge in [-0.2, -0.15) is 5.10 Å². The number of hydrogen-bond donors (Lipinski definition) is 2. The van der Waals surface area contributed by atoms with Crippen molar-refractivity contribution in [2.24, 2.45) is 0 Å². The second kappa shape index (κ2) is 8.12. The average Bonchev–Trinajstić information content (AvgIpc) is 2.99. The molecule has 0 aliphatic rings. The highest BCUT2D eigenvalue weighted by molar-refractivity contribution is 6.35. The lowest BCUT2D eigenvalue weighted by Gasteiger charge is -2.30. The second-order valence-corrected chi connectivity index (χ2v) is 6.44. The lowest BCUT2D eigenvalue weighted by atomic mass is 9.95. The van der Waals surface area contributed by atoms with E-state index in [1.54, 1.807) is 25.1 Å². The third kappa shape index (κ3) is 4.68. The second-order valence-electron chi connectivity index (χ2n) is 5.60. The molecule has 0 aliphatic carbocycles. The van der Waals surface area contributed by atoms with Gasteiger partial charge in [-0.25, -0.2) is 8.78 Å². The Bertz CT molecular complexity index is 755. The van der Waals surface area contributed by atoms with Crippen molar-refractivity contribution in [2.45, 2.75) is 25.4 Å². The number of H-pyrrole nitrogens is 1. The molecule has 2 aromatic rings. The molecule has 1 aromatic heterocycles. The van der Waals surface area contributed by atoms with Crippen molar-refractivity contribution in [1.29, 1.82) is 0 Å². The van der Waals surface area contributed by atoms with Crippen LogP contribution in [0.5, 0.6) is 0 Å². The molecule has 5 nitrogen and oxygen atoms in total. The van der Waals surface area contributed by atoms with Crippen molar-refractivity contribution in [3.05, 3.63) is 51.3 Å². The van der Waals surface area contributed by atoms with Gasteiger partial charge in [-0.3, -0.25) is 9.89 Å². The van der Waals surface area contributed by atoms with Crippen LogP contribution in [0.3, 0.4) is 0 Å². The first-order valence-electron chi connectivity index (χ1n) is 7.36. The minimum absolute atomic E-state index is 0.0703. The van der Waals surface area contributed by atoms with Gasteiger partial charge in [0.15, 0.2) is 0 Å². The fourth-order valence-electron chi connectivity index (χ4n) is 2.36. The highest BCUT2D eigenvalue weighted by Crippen LogP contribution is 2.32. The zero-order chi connectivity index (χ0) is 18.6. The van der Waals surface area contributed by atoms with Crippen LogP contribution in [0.2, 0.25) is 10.0 Å². The molecule has 0 bridgehead atoms. The summed E-state index contributed by atoms with van der Waals surface area (Å²) in [6, 6.07) is 4.95. The number of nitrogens with one attached hydrogen (secondary N) is 2. The monoisotopic (exact) mass is 391 g/mol. The maximum Gasteiger partial charge on any atom is 0.254 e. The van der Waals surface area contributed by atoms with Gasteiger partial charge in [0.2, 0.25) is 6.43 Å². The lowest BCUT2D eigenvalue weighted by molar-refractivity contribution is 0.00321. The Morgan fingerprint density at radius 3 is 2.76 bits per heavy atom. The molecule has 0 unspecified atom stereocenters. The number of alkyl halides is 2. The van der Waals surface area contributed by atoms with E-state index in [1.807, 2.05) is 0 Å². The van der Waals surface area contributed by atoms with Gasteiger partial charge in [-0.1, -0.05) is 29.3 Å². The van der Waals surface area contributed by atoms with E-state index in [0.29, 0.717) is 15.6 Å². The molecule has 9 heteroatoms. The van der Waals surface area contributed by atoms with E-state index in [4.69, 9.17) is 27.9 Å². The van der Waals surface area contributed by atoms with Crippen LogP contribution in [0, 0.1) is 0 Å². The first kappa shape index (κ1) is 19.6. The normalized spacial score (nSPS) is 13.7. The van der Waals surface area contributed by atoms with Gasteiger partial charge in [-0.05, 0) is 19.1 Å². The predicted octanol–water partition coefficient (Wildman–Crippen LogP) is 3.82. The van der Waals surface area contributed by atoms with Crippen molar-refractivity contribution in [3.8, 4) is 0 Å². The van der Waals surface area contributed by atoms with E-state index in [0.717, 1.165) is 0 Å². The van der Waals surface area contributed by atoms with E-state index in [1.165, 1.54) is 13.3 Å². The van der Waals surface area contributed by atoms with Crippen LogP contribution in [0.15, 0.2) is 24.4 Å². The number of ether oxygens (including phenoxy) is 1. The van der Waals surface area contributed by atoms with Gasteiger partial charge in [0.25, 0.3) is 5.91 Å². The summed E-state index contributed by atoms with van der Waals surface area (Å²) in [5, 5.41) is 9.62. The maximum atomic E-state index is 12.5. The smallest absolute Gasteiger partial charge is 0.254 e. The first-order chi connectivity index (χ1) is 11.8. The number of halogens is 4. The highest BCUT2D eigenvalue weighted by atomic mass is 35.5. The molecule has 2 rings (SSSR count). The molecule has 0 saturated heterocycles. The third-order valence-corrected chi connectivity index (χ3v) is 4.41. The Morgan fingerprint density at radius 2 is 2.16 bits per heavy atom. The first-order valence-corrected chi connectivity index (χ1v) is 8.11. The van der Waals surface area contributed by atoms with E-state index in [2.05, 4.69) is 15.5 Å². The molecule has 0 aliphatic heterocycles. The van der Waals surface area contributed by atoms with Crippen molar-refractivity contribution in [3.63, 3.8) is 0 Å². The Labute approximate surface area is 153 Å². The molecule has 25 heavy (non-hydrogen) atoms. The van der Waals surface area contributed by atoms with Crippen molar-refractivity contribution >= 4 is 29.1 Å². The number of hydrogen-bond acceptors (Lipinski definition) is 3. The fraction of sp³-hybridized carbons (Fsp3) is 0.375. The SMILES string of the molecule is CO[C@](C)(CNC(=O)c1cn[nH]c1CC(F)F)c1ccc(Cl)cc1Cl. The van der Waals surface area contributed by atoms with Crippen molar-refractivity contribution in [1.82, 2.24) is 15.5 Å². The number of nitrogens with zero attached hydrogens (tertiary/aromatic N) is 1. The summed E-state index contributed by atoms with van der Waals surface area (Å²) in [6.45, 7) is 1.82. The van der Waals surface area contributed by atoms with Gasteiger partial charge in [0.05, 0.1) is 30.4 Å². The molecule has 0 saturated carbocycles. The Morgan fingerprint density at radius 1 is 1.44 bits per heavy atom. The van der Waals surface area contributed by atoms with Crippen LogP contribution < -0.4 is 5.32 Å². The van der Waals surface area contributed by atoms with Crippen LogP contribution in [0.1, 0.15) is 28.5 Å². The predicted molar refractivity (Wildman–Crippen MR) is 91.5 cm³/mol. The summed E-state index contributed by atoms with van der Waals surface area (Å²) >= 11 is 12.1. The van der Waals surface area contributed by atoms with Crippen molar-refractivity contribution < 1.29 is 18.3 Å². The summed E-state index contributed by atoms with van der Waals surface area (Å²) in [5.74, 6) is -0.530.